The number of carbonyl (C=O) groups is 2. The molecule has 3 rings (SSSR count). The van der Waals surface area contributed by atoms with Gasteiger partial charge in [-0.05, 0) is 43.9 Å². The molecule has 1 aromatic rings. The number of piperidine rings is 1. The number of likely N-dealkylation sites (tertiary alicyclic amines) is 1. The third-order valence-electron chi connectivity index (χ3n) is 5.54. The van der Waals surface area contributed by atoms with Crippen molar-refractivity contribution in [3.05, 3.63) is 23.8 Å². The van der Waals surface area contributed by atoms with Crippen LogP contribution in [0.15, 0.2) is 23.1 Å². The van der Waals surface area contributed by atoms with Gasteiger partial charge in [0.25, 0.3) is 5.91 Å². The third kappa shape index (κ3) is 4.93. The maximum atomic E-state index is 12.8. The quantitative estimate of drug-likeness (QED) is 0.665. The van der Waals surface area contributed by atoms with E-state index in [-0.39, 0.29) is 35.5 Å². The number of benzene rings is 1. The summed E-state index contributed by atoms with van der Waals surface area (Å²) in [5, 5.41) is 10.1. The molecule has 0 spiro atoms. The second-order valence-corrected chi connectivity index (χ2v) is 9.35. The van der Waals surface area contributed by atoms with Crippen molar-refractivity contribution in [1.82, 2.24) is 9.21 Å². The summed E-state index contributed by atoms with van der Waals surface area (Å²) < 4.78 is 37.1. The van der Waals surface area contributed by atoms with E-state index < -0.39 is 28.3 Å². The Kier molecular flexibility index (Phi) is 7.32. The fourth-order valence-corrected chi connectivity index (χ4v) is 5.25. The Morgan fingerprint density at radius 2 is 1.93 bits per heavy atom. The van der Waals surface area contributed by atoms with E-state index in [0.717, 1.165) is 37.8 Å². The molecule has 2 heterocycles. The predicted octanol–water partition coefficient (Wildman–Crippen LogP) is 1.36. The first-order valence-electron chi connectivity index (χ1n) is 10.2. The van der Waals surface area contributed by atoms with Crippen LogP contribution < -0.4 is 0 Å². The largest absolute Gasteiger partial charge is 0.507 e. The first-order chi connectivity index (χ1) is 14.3. The Hall–Kier alpha value is -2.17. The molecular weight excluding hydrogens is 412 g/mol. The Morgan fingerprint density at radius 3 is 2.63 bits per heavy atom. The molecule has 30 heavy (non-hydrogen) atoms. The fourth-order valence-electron chi connectivity index (χ4n) is 3.82. The maximum absolute atomic E-state index is 12.8. The number of sulfonamides is 1. The molecule has 2 aliphatic heterocycles. The molecule has 0 bridgehead atoms. The van der Waals surface area contributed by atoms with Gasteiger partial charge in [0.2, 0.25) is 10.0 Å². The summed E-state index contributed by atoms with van der Waals surface area (Å²) in [6, 6.07) is 3.61. The second kappa shape index (κ2) is 9.76. The molecule has 1 amide bonds. The number of morpholine rings is 1. The fraction of sp³-hybridized carbons (Fsp3) is 0.600. The van der Waals surface area contributed by atoms with Crippen LogP contribution in [0, 0.1) is 0 Å². The van der Waals surface area contributed by atoms with E-state index in [1.807, 2.05) is 6.92 Å². The van der Waals surface area contributed by atoms with Gasteiger partial charge in [-0.2, -0.15) is 4.31 Å². The number of phenols is 1. The van der Waals surface area contributed by atoms with Crippen LogP contribution in [0.5, 0.6) is 5.75 Å². The summed E-state index contributed by atoms with van der Waals surface area (Å²) in [7, 11) is -3.83. The molecule has 1 unspecified atom stereocenters. The van der Waals surface area contributed by atoms with Crippen molar-refractivity contribution < 1.29 is 32.6 Å². The molecular formula is C20H28N2O7S. The van der Waals surface area contributed by atoms with Gasteiger partial charge in [-0.3, -0.25) is 4.79 Å². The Morgan fingerprint density at radius 1 is 1.20 bits per heavy atom. The van der Waals surface area contributed by atoms with Gasteiger partial charge in [0, 0.05) is 25.7 Å². The number of hydrogen-bond acceptors (Lipinski definition) is 7. The highest BCUT2D eigenvalue weighted by atomic mass is 32.2. The second-order valence-electron chi connectivity index (χ2n) is 7.42. The molecule has 2 fully saturated rings. The van der Waals surface area contributed by atoms with Gasteiger partial charge in [-0.15, -0.1) is 0 Å². The van der Waals surface area contributed by atoms with Gasteiger partial charge in [0.15, 0.2) is 6.61 Å². The summed E-state index contributed by atoms with van der Waals surface area (Å²) in [5.41, 5.74) is -0.289. The lowest BCUT2D eigenvalue weighted by molar-refractivity contribution is -0.138. The number of nitrogens with zero attached hydrogens (tertiary/aromatic N) is 2. The smallest absolute Gasteiger partial charge is 0.342 e. The summed E-state index contributed by atoms with van der Waals surface area (Å²) in [6.45, 7) is 3.22. The first kappa shape index (κ1) is 22.5. The number of carbonyl (C=O) groups excluding carboxylic acids is 2. The van der Waals surface area contributed by atoms with E-state index >= 15 is 0 Å². The van der Waals surface area contributed by atoms with E-state index in [1.54, 1.807) is 4.90 Å². The Labute approximate surface area is 176 Å². The van der Waals surface area contributed by atoms with Crippen molar-refractivity contribution in [1.29, 1.82) is 0 Å². The molecule has 1 atom stereocenters. The van der Waals surface area contributed by atoms with Crippen molar-refractivity contribution in [3.8, 4) is 5.75 Å². The minimum Gasteiger partial charge on any atom is -0.507 e. The van der Waals surface area contributed by atoms with Crippen LogP contribution >= 0.6 is 0 Å². The lowest BCUT2D eigenvalue weighted by atomic mass is 10.00. The average molecular weight is 441 g/mol. The Bertz CT molecular complexity index is 881. The van der Waals surface area contributed by atoms with Gasteiger partial charge in [0.05, 0.1) is 18.1 Å². The van der Waals surface area contributed by atoms with Crippen molar-refractivity contribution in [2.75, 3.05) is 39.5 Å². The van der Waals surface area contributed by atoms with E-state index in [9.17, 15) is 23.1 Å². The van der Waals surface area contributed by atoms with Crippen LogP contribution in [-0.2, 0) is 24.3 Å². The summed E-state index contributed by atoms with van der Waals surface area (Å²) in [4.78, 5) is 26.6. The van der Waals surface area contributed by atoms with Crippen molar-refractivity contribution >= 4 is 21.9 Å². The lowest BCUT2D eigenvalue weighted by Gasteiger charge is -2.35. The molecule has 2 aliphatic rings. The standard InChI is InChI=1S/C20H28N2O7S/c1-2-15-5-3-4-8-22(15)19(24)14-29-20(25)17-13-16(6-7-18(17)23)30(26,27)21-9-11-28-12-10-21/h6-7,13,15,23H,2-5,8-12,14H2,1H3. The number of ether oxygens (including phenoxy) is 2. The molecule has 2 saturated heterocycles. The highest BCUT2D eigenvalue weighted by Gasteiger charge is 2.29. The van der Waals surface area contributed by atoms with Crippen LogP contribution in [0.3, 0.4) is 0 Å². The SMILES string of the molecule is CCC1CCCCN1C(=O)COC(=O)c1cc(S(=O)(=O)N2CCOCC2)ccc1O. The van der Waals surface area contributed by atoms with E-state index in [2.05, 4.69) is 0 Å². The van der Waals surface area contributed by atoms with Gasteiger partial charge < -0.3 is 19.5 Å². The van der Waals surface area contributed by atoms with Crippen LogP contribution in [-0.4, -0.2) is 80.1 Å². The number of phenolic OH excluding ortho intramolecular Hbond substituents is 1. The zero-order chi connectivity index (χ0) is 21.7. The molecule has 1 aromatic carbocycles. The van der Waals surface area contributed by atoms with Crippen LogP contribution in [0.25, 0.3) is 0 Å². The minimum atomic E-state index is -3.83. The summed E-state index contributed by atoms with van der Waals surface area (Å²) in [6.07, 6.45) is 3.75. The van der Waals surface area contributed by atoms with Crippen molar-refractivity contribution in [2.45, 2.75) is 43.5 Å². The molecule has 10 heteroatoms. The molecule has 0 aromatic heterocycles. The van der Waals surface area contributed by atoms with Gasteiger partial charge in [-0.25, -0.2) is 13.2 Å². The number of rotatable bonds is 6. The maximum Gasteiger partial charge on any atom is 0.342 e. The summed E-state index contributed by atoms with van der Waals surface area (Å²) in [5.74, 6) is -1.63. The number of aromatic hydroxyl groups is 1. The van der Waals surface area contributed by atoms with Gasteiger partial charge >= 0.3 is 5.97 Å². The van der Waals surface area contributed by atoms with Crippen molar-refractivity contribution in [3.63, 3.8) is 0 Å². The zero-order valence-corrected chi connectivity index (χ0v) is 17.9. The van der Waals surface area contributed by atoms with Crippen LogP contribution in [0.2, 0.25) is 0 Å². The first-order valence-corrected chi connectivity index (χ1v) is 11.7. The van der Waals surface area contributed by atoms with Crippen LogP contribution in [0.1, 0.15) is 43.0 Å². The number of amides is 1. The van der Waals surface area contributed by atoms with Gasteiger partial charge in [-0.1, -0.05) is 6.92 Å². The minimum absolute atomic E-state index is 0.123. The molecule has 9 nitrogen and oxygen atoms in total. The molecule has 0 radical (unpaired) electrons. The topological polar surface area (TPSA) is 113 Å². The zero-order valence-electron chi connectivity index (χ0n) is 17.1. The predicted molar refractivity (Wildman–Crippen MR) is 108 cm³/mol. The van der Waals surface area contributed by atoms with E-state index in [0.29, 0.717) is 19.8 Å². The van der Waals surface area contributed by atoms with E-state index in [1.165, 1.54) is 10.4 Å². The van der Waals surface area contributed by atoms with Crippen molar-refractivity contribution in [2.24, 2.45) is 0 Å². The number of hydrogen-bond donors (Lipinski definition) is 1. The highest BCUT2D eigenvalue weighted by molar-refractivity contribution is 7.89. The monoisotopic (exact) mass is 440 g/mol. The Balaban J connectivity index is 1.70. The van der Waals surface area contributed by atoms with Crippen LogP contribution in [0.4, 0.5) is 0 Å². The summed E-state index contributed by atoms with van der Waals surface area (Å²) >= 11 is 0. The molecule has 0 saturated carbocycles. The van der Waals surface area contributed by atoms with E-state index in [4.69, 9.17) is 9.47 Å². The van der Waals surface area contributed by atoms with Gasteiger partial charge in [0.1, 0.15) is 11.3 Å². The lowest BCUT2D eigenvalue weighted by Crippen LogP contribution is -2.45. The normalized spacial score (nSPS) is 20.7. The highest BCUT2D eigenvalue weighted by Crippen LogP contribution is 2.25. The number of esters is 1. The third-order valence-corrected chi connectivity index (χ3v) is 7.44. The molecule has 0 aliphatic carbocycles. The molecule has 1 N–H and O–H groups in total. The molecule has 166 valence electrons. The average Bonchev–Trinajstić information content (AvgIpc) is 2.77.